The second-order valence-corrected chi connectivity index (χ2v) is 7.93. The minimum Gasteiger partial charge on any atom is -0.355 e. The lowest BCUT2D eigenvalue weighted by Crippen LogP contribution is -2.25. The van der Waals surface area contributed by atoms with Crippen LogP contribution in [0.2, 0.25) is 0 Å². The summed E-state index contributed by atoms with van der Waals surface area (Å²) in [5, 5.41) is 5.28. The van der Waals surface area contributed by atoms with Gasteiger partial charge in [0.25, 0.3) is 5.24 Å². The van der Waals surface area contributed by atoms with E-state index in [0.717, 1.165) is 39.5 Å². The first kappa shape index (κ1) is 16.1. The Labute approximate surface area is 160 Å². The van der Waals surface area contributed by atoms with Crippen LogP contribution in [0.1, 0.15) is 5.56 Å². The second-order valence-electron chi connectivity index (χ2n) is 6.75. The Morgan fingerprint density at radius 3 is 2.52 bits per heavy atom. The highest BCUT2D eigenvalue weighted by molar-refractivity contribution is 8.15. The molecule has 132 valence electrons. The van der Waals surface area contributed by atoms with E-state index in [1.165, 1.54) is 10.8 Å². The van der Waals surface area contributed by atoms with Crippen molar-refractivity contribution in [2.45, 2.75) is 11.7 Å². The SMILES string of the molecule is O=C1NC(=O)C(Cc2ccc3[nH]c(-c4ccc5ccccc5c4)cc3c2)S1. The molecule has 2 amide bonds. The molecule has 0 spiro atoms. The summed E-state index contributed by atoms with van der Waals surface area (Å²) in [6, 6.07) is 23.0. The average molecular weight is 372 g/mol. The van der Waals surface area contributed by atoms with Crippen LogP contribution in [0.3, 0.4) is 0 Å². The Morgan fingerprint density at radius 1 is 0.852 bits per heavy atom. The van der Waals surface area contributed by atoms with Crippen LogP contribution in [-0.2, 0) is 11.2 Å². The molecule has 2 heterocycles. The van der Waals surface area contributed by atoms with Crippen LogP contribution < -0.4 is 5.32 Å². The van der Waals surface area contributed by atoms with Gasteiger partial charge in [-0.1, -0.05) is 54.2 Å². The summed E-state index contributed by atoms with van der Waals surface area (Å²) in [6.45, 7) is 0. The van der Waals surface area contributed by atoms with Gasteiger partial charge >= 0.3 is 0 Å². The third-order valence-corrected chi connectivity index (χ3v) is 5.92. The molecule has 1 fully saturated rings. The summed E-state index contributed by atoms with van der Waals surface area (Å²) >= 11 is 1.07. The minimum atomic E-state index is -0.339. The number of H-pyrrole nitrogens is 1. The first-order valence-corrected chi connectivity index (χ1v) is 9.66. The van der Waals surface area contributed by atoms with E-state index in [2.05, 4.69) is 52.8 Å². The smallest absolute Gasteiger partial charge is 0.286 e. The Kier molecular flexibility index (Phi) is 3.76. The number of rotatable bonds is 3. The van der Waals surface area contributed by atoms with Crippen molar-refractivity contribution in [3.05, 3.63) is 72.3 Å². The van der Waals surface area contributed by atoms with Crippen LogP contribution in [0.4, 0.5) is 4.79 Å². The van der Waals surface area contributed by atoms with Crippen molar-refractivity contribution in [2.75, 3.05) is 0 Å². The number of hydrogen-bond acceptors (Lipinski definition) is 3. The molecule has 3 aromatic carbocycles. The highest BCUT2D eigenvalue weighted by Crippen LogP contribution is 2.29. The molecule has 5 rings (SSSR count). The fourth-order valence-corrected chi connectivity index (χ4v) is 4.42. The summed E-state index contributed by atoms with van der Waals surface area (Å²) in [5.41, 5.74) is 4.31. The molecule has 4 aromatic rings. The number of hydrogen-bond donors (Lipinski definition) is 2. The maximum atomic E-state index is 11.8. The lowest BCUT2D eigenvalue weighted by Gasteiger charge is -2.05. The first-order chi connectivity index (χ1) is 13.2. The number of carbonyl (C=O) groups excluding carboxylic acids is 2. The standard InChI is InChI=1S/C22H16N2O2S/c25-21-20(27-22(26)24-21)10-13-5-8-18-17(9-13)12-19(23-18)16-7-6-14-3-1-2-4-15(14)11-16/h1-9,11-12,20,23H,10H2,(H,24,25,26). The maximum Gasteiger partial charge on any atom is 0.286 e. The zero-order chi connectivity index (χ0) is 18.4. The largest absolute Gasteiger partial charge is 0.355 e. The van der Waals surface area contributed by atoms with Crippen molar-refractivity contribution < 1.29 is 9.59 Å². The molecule has 1 unspecified atom stereocenters. The molecule has 1 saturated heterocycles. The number of nitrogens with one attached hydrogen (secondary N) is 2. The number of fused-ring (bicyclic) bond motifs is 2. The molecule has 0 radical (unpaired) electrons. The normalized spacial score (nSPS) is 17.0. The van der Waals surface area contributed by atoms with Gasteiger partial charge in [0.15, 0.2) is 0 Å². The van der Waals surface area contributed by atoms with Crippen LogP contribution in [0.25, 0.3) is 32.9 Å². The lowest BCUT2D eigenvalue weighted by molar-refractivity contribution is -0.118. The fraction of sp³-hybridized carbons (Fsp3) is 0.0909. The monoisotopic (exact) mass is 372 g/mol. The first-order valence-electron chi connectivity index (χ1n) is 8.78. The van der Waals surface area contributed by atoms with E-state index in [4.69, 9.17) is 0 Å². The quantitative estimate of drug-likeness (QED) is 0.539. The van der Waals surface area contributed by atoms with Crippen LogP contribution in [0, 0.1) is 0 Å². The van der Waals surface area contributed by atoms with Gasteiger partial charge in [-0.2, -0.15) is 0 Å². The van der Waals surface area contributed by atoms with Crippen molar-refractivity contribution in [1.82, 2.24) is 10.3 Å². The number of aromatic nitrogens is 1. The summed E-state index contributed by atoms with van der Waals surface area (Å²) in [7, 11) is 0. The number of imide groups is 1. The van der Waals surface area contributed by atoms with Crippen LogP contribution in [-0.4, -0.2) is 21.4 Å². The van der Waals surface area contributed by atoms with Gasteiger partial charge in [-0.15, -0.1) is 0 Å². The van der Waals surface area contributed by atoms with Crippen molar-refractivity contribution in [1.29, 1.82) is 0 Å². The van der Waals surface area contributed by atoms with Gasteiger partial charge in [0, 0.05) is 16.6 Å². The van der Waals surface area contributed by atoms with E-state index >= 15 is 0 Å². The summed E-state index contributed by atoms with van der Waals surface area (Å²) in [6.07, 6.45) is 0.550. The number of carbonyl (C=O) groups is 2. The third-order valence-electron chi connectivity index (χ3n) is 4.93. The highest BCUT2D eigenvalue weighted by Gasteiger charge is 2.31. The number of amides is 2. The third kappa shape index (κ3) is 3.00. The molecular weight excluding hydrogens is 356 g/mol. The fourth-order valence-electron chi connectivity index (χ4n) is 3.56. The van der Waals surface area contributed by atoms with E-state index in [1.54, 1.807) is 0 Å². The molecule has 0 saturated carbocycles. The molecule has 2 N–H and O–H groups in total. The molecule has 4 nitrogen and oxygen atoms in total. The molecule has 0 aliphatic carbocycles. The van der Waals surface area contributed by atoms with Crippen molar-refractivity contribution in [3.8, 4) is 11.3 Å². The Balaban J connectivity index is 1.48. The summed E-state index contributed by atoms with van der Waals surface area (Å²) in [4.78, 5) is 26.6. The van der Waals surface area contributed by atoms with Gasteiger partial charge in [-0.25, -0.2) is 0 Å². The molecule has 1 aromatic heterocycles. The topological polar surface area (TPSA) is 62.0 Å². The molecule has 5 heteroatoms. The summed E-state index contributed by atoms with van der Waals surface area (Å²) < 4.78 is 0. The van der Waals surface area contributed by atoms with Gasteiger partial charge in [0.05, 0.1) is 5.25 Å². The van der Waals surface area contributed by atoms with Gasteiger partial charge in [0.2, 0.25) is 5.91 Å². The zero-order valence-corrected chi connectivity index (χ0v) is 15.2. The Morgan fingerprint density at radius 2 is 1.70 bits per heavy atom. The van der Waals surface area contributed by atoms with Gasteiger partial charge in [0.1, 0.15) is 0 Å². The Hall–Kier alpha value is -3.05. The van der Waals surface area contributed by atoms with E-state index in [9.17, 15) is 9.59 Å². The van der Waals surface area contributed by atoms with Crippen molar-refractivity contribution in [2.24, 2.45) is 0 Å². The molecule has 27 heavy (non-hydrogen) atoms. The number of benzene rings is 3. The number of aromatic amines is 1. The van der Waals surface area contributed by atoms with Gasteiger partial charge < -0.3 is 4.98 Å². The van der Waals surface area contributed by atoms with Crippen LogP contribution >= 0.6 is 11.8 Å². The highest BCUT2D eigenvalue weighted by atomic mass is 32.2. The van der Waals surface area contributed by atoms with Crippen molar-refractivity contribution in [3.63, 3.8) is 0 Å². The molecule has 1 aliphatic heterocycles. The zero-order valence-electron chi connectivity index (χ0n) is 14.4. The maximum absolute atomic E-state index is 11.8. The van der Waals surface area contributed by atoms with E-state index in [0.29, 0.717) is 6.42 Å². The second kappa shape index (κ2) is 6.28. The minimum absolute atomic E-state index is 0.198. The van der Waals surface area contributed by atoms with E-state index < -0.39 is 0 Å². The van der Waals surface area contributed by atoms with Gasteiger partial charge in [-0.3, -0.25) is 14.9 Å². The van der Waals surface area contributed by atoms with E-state index in [1.807, 2.05) is 24.3 Å². The average Bonchev–Trinajstić information content (AvgIpc) is 3.23. The molecule has 1 atom stereocenters. The predicted octanol–water partition coefficient (Wildman–Crippen LogP) is 4.88. The Bertz CT molecular complexity index is 1210. The predicted molar refractivity (Wildman–Crippen MR) is 110 cm³/mol. The van der Waals surface area contributed by atoms with E-state index in [-0.39, 0.29) is 16.4 Å². The summed E-state index contributed by atoms with van der Waals surface area (Å²) in [5.74, 6) is -0.198. The van der Waals surface area contributed by atoms with Crippen LogP contribution in [0.15, 0.2) is 66.7 Å². The molecule has 1 aliphatic rings. The lowest BCUT2D eigenvalue weighted by atomic mass is 10.0. The molecular formula is C22H16N2O2S. The number of thioether (sulfide) groups is 1. The van der Waals surface area contributed by atoms with Crippen LogP contribution in [0.5, 0.6) is 0 Å². The molecule has 0 bridgehead atoms. The van der Waals surface area contributed by atoms with Gasteiger partial charge in [-0.05, 0) is 52.6 Å². The van der Waals surface area contributed by atoms with Crippen molar-refractivity contribution >= 4 is 44.6 Å².